The molecule has 1 saturated heterocycles. The molecular formula is C21H24N6O8S2. The van der Waals surface area contributed by atoms with Gasteiger partial charge in [-0.05, 0) is 32.6 Å². The van der Waals surface area contributed by atoms with Crippen molar-refractivity contribution in [1.82, 2.24) is 19.6 Å². The van der Waals surface area contributed by atoms with E-state index in [1.807, 2.05) is 0 Å². The highest BCUT2D eigenvalue weighted by Gasteiger charge is 2.54. The summed E-state index contributed by atoms with van der Waals surface area (Å²) in [7, 11) is 0. The van der Waals surface area contributed by atoms with E-state index in [-0.39, 0.29) is 52.2 Å². The van der Waals surface area contributed by atoms with Crippen LogP contribution in [0, 0.1) is 0 Å². The van der Waals surface area contributed by atoms with Gasteiger partial charge in [0, 0.05) is 22.9 Å². The minimum atomic E-state index is -1.38. The Kier molecular flexibility index (Phi) is 8.06. The highest BCUT2D eigenvalue weighted by Crippen LogP contribution is 2.40. The Hall–Kier alpha value is -3.53. The molecule has 2 aliphatic heterocycles. The second-order valence-corrected chi connectivity index (χ2v) is 10.5. The van der Waals surface area contributed by atoms with Crippen LogP contribution in [0.5, 0.6) is 0 Å². The summed E-state index contributed by atoms with van der Waals surface area (Å²) in [6, 6.07) is -1.04. The maximum Gasteiger partial charge on any atom is 0.352 e. The van der Waals surface area contributed by atoms with Crippen molar-refractivity contribution < 1.29 is 38.7 Å². The molecule has 2 fully saturated rings. The van der Waals surface area contributed by atoms with Gasteiger partial charge in [-0.2, -0.15) is 9.36 Å². The molecule has 1 saturated carbocycles. The van der Waals surface area contributed by atoms with E-state index >= 15 is 0 Å². The van der Waals surface area contributed by atoms with Gasteiger partial charge in [0.2, 0.25) is 11.5 Å². The van der Waals surface area contributed by atoms with Crippen molar-refractivity contribution in [2.24, 2.45) is 5.16 Å². The van der Waals surface area contributed by atoms with Crippen molar-refractivity contribution in [3.63, 3.8) is 0 Å². The van der Waals surface area contributed by atoms with Crippen LogP contribution in [0.1, 0.15) is 44.9 Å². The molecule has 1 unspecified atom stereocenters. The van der Waals surface area contributed by atoms with E-state index in [0.717, 1.165) is 42.1 Å². The molecule has 37 heavy (non-hydrogen) atoms. The summed E-state index contributed by atoms with van der Waals surface area (Å²) in [5.41, 5.74) is 5.30. The third-order valence-electron chi connectivity index (χ3n) is 5.80. The molecule has 2 atom stereocenters. The maximum atomic E-state index is 13.1. The molecule has 1 aliphatic carbocycles. The summed E-state index contributed by atoms with van der Waals surface area (Å²) in [5, 5.41) is 15.7. The van der Waals surface area contributed by atoms with Crippen LogP contribution in [0.25, 0.3) is 0 Å². The molecular weight excluding hydrogens is 528 g/mol. The molecule has 1 aromatic heterocycles. The lowest BCUT2D eigenvalue weighted by molar-refractivity contribution is -0.150. The summed E-state index contributed by atoms with van der Waals surface area (Å²) in [6.45, 7) is 0.856. The van der Waals surface area contributed by atoms with Crippen LogP contribution in [-0.4, -0.2) is 84.5 Å². The second kappa shape index (κ2) is 11.2. The lowest BCUT2D eigenvalue weighted by atomic mass is 10.0. The van der Waals surface area contributed by atoms with Crippen molar-refractivity contribution in [3.05, 3.63) is 17.1 Å². The highest BCUT2D eigenvalue weighted by molar-refractivity contribution is 8.00. The molecule has 3 heterocycles. The lowest BCUT2D eigenvalue weighted by Gasteiger charge is -2.49. The number of rotatable bonds is 10. The fourth-order valence-corrected chi connectivity index (χ4v) is 5.82. The van der Waals surface area contributed by atoms with Crippen LogP contribution >= 0.6 is 23.3 Å². The molecule has 1 aromatic rings. The van der Waals surface area contributed by atoms with E-state index < -0.39 is 41.6 Å². The number of hydrogen-bond donors (Lipinski definition) is 3. The molecule has 2 amide bonds. The van der Waals surface area contributed by atoms with Crippen LogP contribution in [0.3, 0.4) is 0 Å². The average Bonchev–Trinajstić information content (AvgIpc) is 3.52. The first-order valence-corrected chi connectivity index (χ1v) is 13.2. The number of anilines is 1. The number of Topliss-reactive ketones (excluding diaryl/α,β-unsaturated/α-hetero) is 1. The zero-order chi connectivity index (χ0) is 26.7. The van der Waals surface area contributed by atoms with Crippen LogP contribution in [0.4, 0.5) is 5.13 Å². The van der Waals surface area contributed by atoms with Crippen LogP contribution in [0.15, 0.2) is 16.4 Å². The number of carboxylic acids is 1. The third kappa shape index (κ3) is 5.90. The predicted molar refractivity (Wildman–Crippen MR) is 130 cm³/mol. The first kappa shape index (κ1) is 26.5. The van der Waals surface area contributed by atoms with Gasteiger partial charge in [0.05, 0.1) is 0 Å². The number of hydrogen-bond acceptors (Lipinski definition) is 13. The van der Waals surface area contributed by atoms with Gasteiger partial charge in [0.1, 0.15) is 42.0 Å². The number of ketones is 1. The largest absolute Gasteiger partial charge is 0.477 e. The van der Waals surface area contributed by atoms with Gasteiger partial charge in [0.25, 0.3) is 11.8 Å². The van der Waals surface area contributed by atoms with Crippen LogP contribution < -0.4 is 11.1 Å². The van der Waals surface area contributed by atoms with Crippen LogP contribution in [0.2, 0.25) is 0 Å². The molecule has 0 aromatic carbocycles. The molecule has 4 N–H and O–H groups in total. The molecule has 198 valence electrons. The summed E-state index contributed by atoms with van der Waals surface area (Å²) in [6.07, 6.45) is 3.02. The number of thioether (sulfide) groups is 1. The monoisotopic (exact) mass is 552 g/mol. The van der Waals surface area contributed by atoms with E-state index in [9.17, 15) is 29.1 Å². The fourth-order valence-electron chi connectivity index (χ4n) is 4.06. The number of nitrogens with two attached hydrogens (primary N) is 1. The molecule has 3 aliphatic rings. The Bertz CT molecular complexity index is 1190. The van der Waals surface area contributed by atoms with Gasteiger partial charge >= 0.3 is 11.9 Å². The van der Waals surface area contributed by atoms with Gasteiger partial charge in [-0.3, -0.25) is 24.1 Å². The number of esters is 1. The van der Waals surface area contributed by atoms with Crippen molar-refractivity contribution in [1.29, 1.82) is 0 Å². The van der Waals surface area contributed by atoms with Gasteiger partial charge in [-0.1, -0.05) is 5.16 Å². The normalized spacial score (nSPS) is 21.8. The second-order valence-electron chi connectivity index (χ2n) is 8.57. The van der Waals surface area contributed by atoms with Crippen molar-refractivity contribution >= 4 is 63.7 Å². The van der Waals surface area contributed by atoms with Gasteiger partial charge in [-0.15, -0.1) is 11.8 Å². The first-order chi connectivity index (χ1) is 17.7. The Balaban J connectivity index is 1.47. The number of nitrogen functional groups attached to an aromatic ring is 1. The third-order valence-corrected chi connectivity index (χ3v) is 7.68. The Morgan fingerprint density at radius 3 is 2.62 bits per heavy atom. The average molecular weight is 553 g/mol. The summed E-state index contributed by atoms with van der Waals surface area (Å²) < 4.78 is 9.02. The summed E-state index contributed by atoms with van der Waals surface area (Å²) in [5.74, 6) is -3.89. The van der Waals surface area contributed by atoms with Gasteiger partial charge in [0.15, 0.2) is 5.13 Å². The number of fused-ring (bicyclic) bond motifs is 1. The summed E-state index contributed by atoms with van der Waals surface area (Å²) in [4.78, 5) is 71.3. The first-order valence-electron chi connectivity index (χ1n) is 11.3. The zero-order valence-electron chi connectivity index (χ0n) is 19.7. The standard InChI is InChI=1S/C21H24N6O8S2/c1-9(28)6-12(29)34-7-10-8-36-19-14(18(31)27(19)15(10)20(32)33)23-17(30)13(16-24-21(22)37-26-16)25-35-11-4-2-3-5-11/h11,14,19H,2-8H2,1H3,(H,23,30)(H,32,33)(H2,22,24,26)/t14?,19-/m1/s1. The van der Waals surface area contributed by atoms with E-state index in [1.54, 1.807) is 0 Å². The number of ether oxygens (including phenoxy) is 1. The Labute approximate surface area is 218 Å². The van der Waals surface area contributed by atoms with Crippen molar-refractivity contribution in [2.45, 2.75) is 56.5 Å². The number of oxime groups is 1. The maximum absolute atomic E-state index is 13.1. The predicted octanol–water partition coefficient (Wildman–Crippen LogP) is 0.0445. The number of nitrogens with zero attached hydrogens (tertiary/aromatic N) is 4. The number of nitrogens with one attached hydrogen (secondary N) is 1. The topological polar surface area (TPSA) is 203 Å². The smallest absolute Gasteiger partial charge is 0.352 e. The Morgan fingerprint density at radius 2 is 2.00 bits per heavy atom. The SMILES string of the molecule is CC(=O)CC(=O)OCC1=C(C(=O)O)N2C(=O)C(NC(=O)C(=NOC3CCCC3)c3nsc(N)n3)[C@H]2SC1. The van der Waals surface area contributed by atoms with Crippen molar-refractivity contribution in [3.8, 4) is 0 Å². The fraction of sp³-hybridized carbons (Fsp3) is 0.524. The number of aliphatic carboxylic acids is 1. The van der Waals surface area contributed by atoms with E-state index in [1.165, 1.54) is 18.7 Å². The van der Waals surface area contributed by atoms with Crippen molar-refractivity contribution in [2.75, 3.05) is 18.1 Å². The van der Waals surface area contributed by atoms with Crippen LogP contribution in [-0.2, 0) is 33.5 Å². The molecule has 0 bridgehead atoms. The zero-order valence-corrected chi connectivity index (χ0v) is 21.3. The van der Waals surface area contributed by atoms with E-state index in [4.69, 9.17) is 15.3 Å². The number of carbonyl (C=O) groups is 5. The summed E-state index contributed by atoms with van der Waals surface area (Å²) >= 11 is 2.07. The minimum Gasteiger partial charge on any atom is -0.477 e. The highest BCUT2D eigenvalue weighted by atomic mass is 32.2. The molecule has 0 spiro atoms. The van der Waals surface area contributed by atoms with E-state index in [2.05, 4.69) is 19.8 Å². The number of β-lactam (4-membered cyclic amide) rings is 1. The van der Waals surface area contributed by atoms with E-state index in [0.29, 0.717) is 0 Å². The quantitative estimate of drug-likeness (QED) is 0.116. The molecule has 14 nitrogen and oxygen atoms in total. The number of amides is 2. The molecule has 0 radical (unpaired) electrons. The number of carbonyl (C=O) groups excluding carboxylic acids is 4. The number of aromatic nitrogens is 2. The Morgan fingerprint density at radius 1 is 1.27 bits per heavy atom. The van der Waals surface area contributed by atoms with Gasteiger partial charge in [-0.25, -0.2) is 4.79 Å². The molecule has 4 rings (SSSR count). The number of carboxylic acid groups (broad SMARTS) is 1. The molecule has 16 heteroatoms. The minimum absolute atomic E-state index is 0.0429. The lowest BCUT2D eigenvalue weighted by Crippen LogP contribution is -2.71. The van der Waals surface area contributed by atoms with Gasteiger partial charge < -0.3 is 25.7 Å².